The van der Waals surface area contributed by atoms with Crippen LogP contribution in [0.2, 0.25) is 5.02 Å². The van der Waals surface area contributed by atoms with Crippen molar-refractivity contribution in [2.24, 2.45) is 0 Å². The molecular weight excluding hydrogens is 374 g/mol. The molecule has 150 valence electrons. The van der Waals surface area contributed by atoms with Crippen LogP contribution in [0.15, 0.2) is 42.5 Å². The van der Waals surface area contributed by atoms with Gasteiger partial charge in [-0.15, -0.1) is 0 Å². The number of halogens is 1. The van der Waals surface area contributed by atoms with E-state index < -0.39 is 5.60 Å². The summed E-state index contributed by atoms with van der Waals surface area (Å²) in [6.07, 6.45) is 3.08. The van der Waals surface area contributed by atoms with E-state index in [2.05, 4.69) is 0 Å². The molecule has 0 bridgehead atoms. The first kappa shape index (κ1) is 20.5. The molecule has 0 radical (unpaired) electrons. The number of carbonyl (C=O) groups excluding carboxylic acids is 1. The van der Waals surface area contributed by atoms with E-state index in [0.29, 0.717) is 18.0 Å². The summed E-state index contributed by atoms with van der Waals surface area (Å²) in [6.45, 7) is 6.14. The average Bonchev–Trinajstić information content (AvgIpc) is 2.81. The minimum absolute atomic E-state index is 0.00289. The summed E-state index contributed by atoms with van der Waals surface area (Å²) in [5.74, 6) is 0.0907. The van der Waals surface area contributed by atoms with Gasteiger partial charge in [0.05, 0.1) is 5.02 Å². The van der Waals surface area contributed by atoms with Crippen LogP contribution in [0.25, 0.3) is 0 Å². The zero-order valence-electron chi connectivity index (χ0n) is 16.7. The van der Waals surface area contributed by atoms with Crippen LogP contribution in [0.1, 0.15) is 50.3 Å². The predicted octanol–water partition coefficient (Wildman–Crippen LogP) is 5.73. The molecular formula is C23H28ClNO3. The van der Waals surface area contributed by atoms with E-state index in [-0.39, 0.29) is 17.9 Å². The van der Waals surface area contributed by atoms with Crippen LogP contribution in [-0.2, 0) is 24.1 Å². The van der Waals surface area contributed by atoms with Crippen molar-refractivity contribution in [3.05, 3.63) is 64.2 Å². The Hall–Kier alpha value is -2.20. The molecule has 0 spiro atoms. The number of hydrogen-bond acceptors (Lipinski definition) is 3. The molecule has 0 heterocycles. The zero-order chi connectivity index (χ0) is 20.3. The highest BCUT2D eigenvalue weighted by molar-refractivity contribution is 6.32. The van der Waals surface area contributed by atoms with Crippen molar-refractivity contribution in [2.45, 2.75) is 64.6 Å². The summed E-state index contributed by atoms with van der Waals surface area (Å²) in [4.78, 5) is 14.9. The molecule has 1 amide bonds. The second kappa shape index (κ2) is 8.44. The third-order valence-corrected chi connectivity index (χ3v) is 5.28. The Morgan fingerprint density at radius 3 is 2.61 bits per heavy atom. The fraction of sp³-hybridized carbons (Fsp3) is 0.435. The molecule has 0 saturated heterocycles. The van der Waals surface area contributed by atoms with Gasteiger partial charge < -0.3 is 14.7 Å². The second-order valence-electron chi connectivity index (χ2n) is 8.42. The minimum Gasteiger partial charge on any atom is -0.506 e. The fourth-order valence-electron chi connectivity index (χ4n) is 3.66. The first-order valence-corrected chi connectivity index (χ1v) is 10.1. The van der Waals surface area contributed by atoms with Gasteiger partial charge in [-0.05, 0) is 75.3 Å². The fourth-order valence-corrected chi connectivity index (χ4v) is 3.85. The molecule has 0 aliphatic heterocycles. The van der Waals surface area contributed by atoms with Crippen molar-refractivity contribution < 1.29 is 14.6 Å². The van der Waals surface area contributed by atoms with Gasteiger partial charge >= 0.3 is 6.09 Å². The van der Waals surface area contributed by atoms with Gasteiger partial charge in [-0.25, -0.2) is 4.79 Å². The molecule has 5 heteroatoms. The maximum absolute atomic E-state index is 13.0. The third-order valence-electron chi connectivity index (χ3n) is 4.97. The van der Waals surface area contributed by atoms with Crippen LogP contribution in [0.3, 0.4) is 0 Å². The molecule has 0 fully saturated rings. The number of ether oxygens (including phenoxy) is 1. The van der Waals surface area contributed by atoms with Gasteiger partial charge in [0.15, 0.2) is 0 Å². The number of aryl methyl sites for hydroxylation is 1. The monoisotopic (exact) mass is 401 g/mol. The predicted molar refractivity (Wildman–Crippen MR) is 112 cm³/mol. The highest BCUT2D eigenvalue weighted by atomic mass is 35.5. The Bertz CT molecular complexity index is 830. The van der Waals surface area contributed by atoms with Gasteiger partial charge in [0.2, 0.25) is 0 Å². The molecule has 1 aliphatic carbocycles. The van der Waals surface area contributed by atoms with Crippen LogP contribution in [0.4, 0.5) is 4.79 Å². The molecule has 0 aromatic heterocycles. The molecule has 1 atom stereocenters. The number of phenolic OH excluding ortho intramolecular Hbond substituents is 1. The van der Waals surface area contributed by atoms with E-state index in [1.807, 2.05) is 62.1 Å². The quantitative estimate of drug-likeness (QED) is 0.668. The van der Waals surface area contributed by atoms with E-state index in [1.54, 1.807) is 6.07 Å². The lowest BCUT2D eigenvalue weighted by Crippen LogP contribution is -2.43. The number of hydrogen-bond donors (Lipinski definition) is 1. The van der Waals surface area contributed by atoms with Crippen molar-refractivity contribution in [1.82, 2.24) is 4.90 Å². The first-order chi connectivity index (χ1) is 13.2. The molecule has 28 heavy (non-hydrogen) atoms. The normalized spacial score (nSPS) is 16.8. The largest absolute Gasteiger partial charge is 0.506 e. The Labute approximate surface area is 172 Å². The highest BCUT2D eigenvalue weighted by Crippen LogP contribution is 2.33. The van der Waals surface area contributed by atoms with Gasteiger partial charge in [-0.3, -0.25) is 0 Å². The summed E-state index contributed by atoms with van der Waals surface area (Å²) in [6, 6.07) is 13.6. The molecule has 0 saturated carbocycles. The molecule has 1 N–H and O–H groups in total. The number of phenols is 1. The summed E-state index contributed by atoms with van der Waals surface area (Å²) in [5.41, 5.74) is 2.71. The number of rotatable bonds is 3. The van der Waals surface area contributed by atoms with E-state index in [4.69, 9.17) is 16.3 Å². The van der Waals surface area contributed by atoms with Gasteiger partial charge in [-0.2, -0.15) is 0 Å². The summed E-state index contributed by atoms with van der Waals surface area (Å²) in [5, 5.41) is 10.4. The van der Waals surface area contributed by atoms with E-state index in [9.17, 15) is 9.90 Å². The third kappa shape index (κ3) is 5.20. The number of fused-ring (bicyclic) bond motifs is 1. The molecule has 1 aliphatic rings. The summed E-state index contributed by atoms with van der Waals surface area (Å²) in [7, 11) is 0. The maximum atomic E-state index is 13.0. The maximum Gasteiger partial charge on any atom is 0.410 e. The summed E-state index contributed by atoms with van der Waals surface area (Å²) < 4.78 is 5.71. The minimum atomic E-state index is -0.555. The van der Waals surface area contributed by atoms with Gasteiger partial charge in [0.1, 0.15) is 11.4 Å². The Morgan fingerprint density at radius 1 is 1.21 bits per heavy atom. The molecule has 4 nitrogen and oxygen atoms in total. The molecule has 2 aromatic carbocycles. The van der Waals surface area contributed by atoms with Gasteiger partial charge in [0.25, 0.3) is 0 Å². The molecule has 2 aromatic rings. The topological polar surface area (TPSA) is 49.8 Å². The van der Waals surface area contributed by atoms with E-state index in [1.165, 1.54) is 0 Å². The first-order valence-electron chi connectivity index (χ1n) is 9.77. The number of benzene rings is 2. The van der Waals surface area contributed by atoms with Crippen LogP contribution < -0.4 is 0 Å². The highest BCUT2D eigenvalue weighted by Gasteiger charge is 2.30. The SMILES string of the molecule is CC(C)(C)OC(=O)N(Cc1ccccc1)C1CCCc2cc(Cl)c(O)cc2C1. The van der Waals surface area contributed by atoms with Crippen molar-refractivity contribution in [2.75, 3.05) is 0 Å². The van der Waals surface area contributed by atoms with Gasteiger partial charge in [-0.1, -0.05) is 41.9 Å². The molecule has 3 rings (SSSR count). The van der Waals surface area contributed by atoms with Crippen molar-refractivity contribution >= 4 is 17.7 Å². The Morgan fingerprint density at radius 2 is 1.93 bits per heavy atom. The van der Waals surface area contributed by atoms with Crippen LogP contribution in [-0.4, -0.2) is 27.7 Å². The van der Waals surface area contributed by atoms with Crippen LogP contribution >= 0.6 is 11.6 Å². The van der Waals surface area contributed by atoms with Crippen molar-refractivity contribution in [3.8, 4) is 5.75 Å². The Kier molecular flexibility index (Phi) is 6.19. The Balaban J connectivity index is 1.89. The molecule has 1 unspecified atom stereocenters. The lowest BCUT2D eigenvalue weighted by atomic mass is 10.0. The smallest absolute Gasteiger partial charge is 0.410 e. The van der Waals surface area contributed by atoms with Crippen molar-refractivity contribution in [3.63, 3.8) is 0 Å². The van der Waals surface area contributed by atoms with E-state index in [0.717, 1.165) is 36.0 Å². The zero-order valence-corrected chi connectivity index (χ0v) is 17.5. The second-order valence-corrected chi connectivity index (χ2v) is 8.82. The van der Waals surface area contributed by atoms with E-state index >= 15 is 0 Å². The lowest BCUT2D eigenvalue weighted by molar-refractivity contribution is 0.0130. The lowest BCUT2D eigenvalue weighted by Gasteiger charge is -2.33. The summed E-state index contributed by atoms with van der Waals surface area (Å²) >= 11 is 6.09. The van der Waals surface area contributed by atoms with Crippen molar-refractivity contribution in [1.29, 1.82) is 0 Å². The number of carbonyl (C=O) groups is 1. The standard InChI is InChI=1S/C23H28ClNO3/c1-23(2,3)28-22(27)25(15-16-8-5-4-6-9-16)19-11-7-10-17-13-20(24)21(26)14-18(17)12-19/h4-6,8-9,13-14,19,26H,7,10-12,15H2,1-3H3. The van der Waals surface area contributed by atoms with Crippen LogP contribution in [0, 0.1) is 0 Å². The van der Waals surface area contributed by atoms with Crippen LogP contribution in [0.5, 0.6) is 5.75 Å². The number of nitrogens with zero attached hydrogens (tertiary/aromatic N) is 1. The number of aromatic hydroxyl groups is 1. The van der Waals surface area contributed by atoms with Gasteiger partial charge in [0, 0.05) is 12.6 Å². The average molecular weight is 402 g/mol. The number of amides is 1.